The van der Waals surface area contributed by atoms with Crippen molar-refractivity contribution < 1.29 is 4.79 Å². The Labute approximate surface area is 155 Å². The summed E-state index contributed by atoms with van der Waals surface area (Å²) in [4.78, 5) is 14.6. The number of benzene rings is 1. The molecule has 1 amide bonds. The predicted octanol–water partition coefficient (Wildman–Crippen LogP) is 2.77. The normalized spacial score (nSPS) is 16.1. The Kier molecular flexibility index (Phi) is 6.56. The molecule has 1 aliphatic rings. The van der Waals surface area contributed by atoms with E-state index in [-0.39, 0.29) is 24.4 Å². The minimum atomic E-state index is -0.0796. The van der Waals surface area contributed by atoms with Gasteiger partial charge in [0.25, 0.3) is 5.91 Å². The number of carbonyl (C=O) groups is 1. The van der Waals surface area contributed by atoms with Crippen molar-refractivity contribution in [2.75, 3.05) is 20.1 Å². The van der Waals surface area contributed by atoms with Gasteiger partial charge in [-0.05, 0) is 45.3 Å². The highest BCUT2D eigenvalue weighted by Crippen LogP contribution is 2.23. The molecule has 1 unspecified atom stereocenters. The quantitative estimate of drug-likeness (QED) is 0.907. The molecule has 0 aliphatic carbocycles. The lowest BCUT2D eigenvalue weighted by Gasteiger charge is -2.25. The van der Waals surface area contributed by atoms with E-state index < -0.39 is 0 Å². The Morgan fingerprint density at radius 2 is 1.92 bits per heavy atom. The second-order valence-electron chi connectivity index (χ2n) is 6.45. The van der Waals surface area contributed by atoms with Crippen LogP contribution in [0.2, 0.25) is 0 Å². The molecule has 1 aliphatic heterocycles. The summed E-state index contributed by atoms with van der Waals surface area (Å²) in [6.07, 6.45) is 2.04. The van der Waals surface area contributed by atoms with Gasteiger partial charge in [0.05, 0.1) is 17.8 Å². The van der Waals surface area contributed by atoms with Gasteiger partial charge < -0.3 is 10.2 Å². The number of rotatable bonds is 4. The van der Waals surface area contributed by atoms with Crippen LogP contribution >= 0.6 is 12.4 Å². The maximum absolute atomic E-state index is 12.9. The fraction of sp³-hybridized carbons (Fsp3) is 0.500. The number of halogens is 1. The van der Waals surface area contributed by atoms with E-state index in [9.17, 15) is 4.79 Å². The fourth-order valence-corrected chi connectivity index (χ4v) is 3.23. The molecule has 1 aromatic carbocycles. The third-order valence-electron chi connectivity index (χ3n) is 4.97. The largest absolute Gasteiger partial charge is 0.333 e. The molecule has 136 valence electrons. The van der Waals surface area contributed by atoms with Gasteiger partial charge in [-0.2, -0.15) is 0 Å². The van der Waals surface area contributed by atoms with Crippen LogP contribution in [0.25, 0.3) is 0 Å². The molecule has 0 radical (unpaired) electrons. The van der Waals surface area contributed by atoms with Crippen LogP contribution in [0, 0.1) is 6.92 Å². The Morgan fingerprint density at radius 3 is 2.56 bits per heavy atom. The van der Waals surface area contributed by atoms with Gasteiger partial charge in [0.2, 0.25) is 0 Å². The molecule has 3 rings (SSSR count). The molecule has 1 saturated heterocycles. The summed E-state index contributed by atoms with van der Waals surface area (Å²) < 4.78 is 1.93. The molecule has 7 heteroatoms. The van der Waals surface area contributed by atoms with Gasteiger partial charge in [0.1, 0.15) is 0 Å². The zero-order valence-corrected chi connectivity index (χ0v) is 15.8. The van der Waals surface area contributed by atoms with Crippen molar-refractivity contribution in [3.63, 3.8) is 0 Å². The van der Waals surface area contributed by atoms with E-state index in [2.05, 4.69) is 15.6 Å². The van der Waals surface area contributed by atoms with E-state index in [1.54, 1.807) is 4.90 Å². The van der Waals surface area contributed by atoms with Gasteiger partial charge in [-0.3, -0.25) is 4.79 Å². The summed E-state index contributed by atoms with van der Waals surface area (Å²) in [5.41, 5.74) is 2.43. The highest BCUT2D eigenvalue weighted by Gasteiger charge is 2.26. The molecule has 1 aromatic heterocycles. The van der Waals surface area contributed by atoms with Gasteiger partial charge in [-0.1, -0.05) is 35.5 Å². The van der Waals surface area contributed by atoms with Crippen molar-refractivity contribution in [1.29, 1.82) is 0 Å². The van der Waals surface area contributed by atoms with Crippen molar-refractivity contribution in [2.45, 2.75) is 38.8 Å². The lowest BCUT2D eigenvalue weighted by Crippen LogP contribution is -2.31. The molecular formula is C18H26ClN5O. The van der Waals surface area contributed by atoms with E-state index in [0.29, 0.717) is 11.7 Å². The summed E-state index contributed by atoms with van der Waals surface area (Å²) in [6, 6.07) is 10.3. The van der Waals surface area contributed by atoms with E-state index >= 15 is 0 Å². The number of piperidine rings is 1. The van der Waals surface area contributed by atoms with Gasteiger partial charge in [0, 0.05) is 7.05 Å². The van der Waals surface area contributed by atoms with Gasteiger partial charge in [-0.25, -0.2) is 4.68 Å². The summed E-state index contributed by atoms with van der Waals surface area (Å²) >= 11 is 0. The van der Waals surface area contributed by atoms with Crippen molar-refractivity contribution >= 4 is 18.3 Å². The Morgan fingerprint density at radius 1 is 1.28 bits per heavy atom. The Hall–Kier alpha value is -1.92. The number of nitrogens with zero attached hydrogens (tertiary/aromatic N) is 4. The number of nitrogens with one attached hydrogen (secondary N) is 1. The average Bonchev–Trinajstić information content (AvgIpc) is 3.02. The second-order valence-corrected chi connectivity index (χ2v) is 6.45. The number of hydrogen-bond acceptors (Lipinski definition) is 4. The van der Waals surface area contributed by atoms with Crippen LogP contribution in [-0.2, 0) is 0 Å². The van der Waals surface area contributed by atoms with Gasteiger partial charge >= 0.3 is 0 Å². The maximum Gasteiger partial charge on any atom is 0.276 e. The number of aromatic nitrogens is 3. The molecule has 2 aromatic rings. The summed E-state index contributed by atoms with van der Waals surface area (Å²) in [6.45, 7) is 5.94. The van der Waals surface area contributed by atoms with Crippen LogP contribution in [0.3, 0.4) is 0 Å². The first-order chi connectivity index (χ1) is 11.6. The van der Waals surface area contributed by atoms with Crippen molar-refractivity contribution in [2.24, 2.45) is 0 Å². The first-order valence-electron chi connectivity index (χ1n) is 8.54. The van der Waals surface area contributed by atoms with Gasteiger partial charge in [-0.15, -0.1) is 17.5 Å². The van der Waals surface area contributed by atoms with Crippen LogP contribution < -0.4 is 5.32 Å². The Balaban J connectivity index is 0.00000225. The molecule has 6 nitrogen and oxygen atoms in total. The molecule has 2 heterocycles. The van der Waals surface area contributed by atoms with Crippen LogP contribution in [-0.4, -0.2) is 45.9 Å². The van der Waals surface area contributed by atoms with E-state index in [4.69, 9.17) is 0 Å². The molecule has 25 heavy (non-hydrogen) atoms. The molecule has 1 N–H and O–H groups in total. The first kappa shape index (κ1) is 19.4. The summed E-state index contributed by atoms with van der Waals surface area (Å²) in [5.74, 6) is -0.0796. The highest BCUT2D eigenvalue weighted by atomic mass is 35.5. The minimum Gasteiger partial charge on any atom is -0.333 e. The van der Waals surface area contributed by atoms with E-state index in [1.807, 2.05) is 55.9 Å². The number of amides is 1. The third kappa shape index (κ3) is 4.02. The van der Waals surface area contributed by atoms with Crippen molar-refractivity contribution in [1.82, 2.24) is 25.2 Å². The SMILES string of the molecule is Cc1c(C(=O)N(C)C(C)c2ccccc2)nnn1C1CCNCC1.Cl. The van der Waals surface area contributed by atoms with Crippen LogP contribution in [0.4, 0.5) is 0 Å². The highest BCUT2D eigenvalue weighted by molar-refractivity contribution is 5.93. The van der Waals surface area contributed by atoms with Crippen LogP contribution in [0.5, 0.6) is 0 Å². The van der Waals surface area contributed by atoms with E-state index in [1.165, 1.54) is 0 Å². The smallest absolute Gasteiger partial charge is 0.276 e. The second kappa shape index (κ2) is 8.45. The predicted molar refractivity (Wildman–Crippen MR) is 100 cm³/mol. The van der Waals surface area contributed by atoms with Crippen molar-refractivity contribution in [3.05, 3.63) is 47.3 Å². The molecule has 1 fully saturated rings. The molecule has 0 spiro atoms. The fourth-order valence-electron chi connectivity index (χ4n) is 3.23. The Bertz CT molecular complexity index is 697. The molecular weight excluding hydrogens is 338 g/mol. The molecule has 0 bridgehead atoms. The number of carbonyl (C=O) groups excluding carboxylic acids is 1. The lowest BCUT2D eigenvalue weighted by atomic mass is 10.1. The molecule has 0 saturated carbocycles. The standard InChI is InChI=1S/C18H25N5O.ClH/c1-13(15-7-5-4-6-8-15)22(3)18(24)17-14(2)23(21-20-17)16-9-11-19-12-10-16;/h4-8,13,16,19H,9-12H2,1-3H3;1H. The third-order valence-corrected chi connectivity index (χ3v) is 4.97. The summed E-state index contributed by atoms with van der Waals surface area (Å²) in [7, 11) is 1.82. The summed E-state index contributed by atoms with van der Waals surface area (Å²) in [5, 5.41) is 11.8. The monoisotopic (exact) mass is 363 g/mol. The molecule has 1 atom stereocenters. The minimum absolute atomic E-state index is 0. The topological polar surface area (TPSA) is 63.1 Å². The first-order valence-corrected chi connectivity index (χ1v) is 8.54. The van der Waals surface area contributed by atoms with E-state index in [0.717, 1.165) is 37.2 Å². The lowest BCUT2D eigenvalue weighted by molar-refractivity contribution is 0.0735. The van der Waals surface area contributed by atoms with Crippen LogP contribution in [0.15, 0.2) is 30.3 Å². The number of hydrogen-bond donors (Lipinski definition) is 1. The van der Waals surface area contributed by atoms with Gasteiger partial charge in [0.15, 0.2) is 5.69 Å². The maximum atomic E-state index is 12.9. The van der Waals surface area contributed by atoms with Crippen LogP contribution in [0.1, 0.15) is 53.6 Å². The van der Waals surface area contributed by atoms with Crippen molar-refractivity contribution in [3.8, 4) is 0 Å². The zero-order valence-electron chi connectivity index (χ0n) is 15.0. The zero-order chi connectivity index (χ0) is 17.1. The average molecular weight is 364 g/mol.